The van der Waals surface area contributed by atoms with Gasteiger partial charge in [0.05, 0.1) is 6.42 Å². The molecule has 0 aliphatic rings. The zero-order valence-corrected chi connectivity index (χ0v) is 6.58. The predicted molar refractivity (Wildman–Crippen MR) is 41.4 cm³/mol. The molecule has 0 bridgehead atoms. The van der Waals surface area contributed by atoms with Crippen molar-refractivity contribution >= 4 is 11.9 Å². The third kappa shape index (κ3) is 6.76. The van der Waals surface area contributed by atoms with Gasteiger partial charge < -0.3 is 9.84 Å². The van der Waals surface area contributed by atoms with E-state index >= 15 is 0 Å². The molecule has 0 spiro atoms. The zero-order chi connectivity index (χ0) is 9.40. The van der Waals surface area contributed by atoms with Crippen LogP contribution in [0.2, 0.25) is 0 Å². The Bertz CT molecular complexity index is 178. The van der Waals surface area contributed by atoms with Gasteiger partial charge in [0.2, 0.25) is 0 Å². The molecule has 0 atom stereocenters. The molecule has 0 rings (SSSR count). The van der Waals surface area contributed by atoms with Crippen LogP contribution in [0.5, 0.6) is 0 Å². The summed E-state index contributed by atoms with van der Waals surface area (Å²) in [6.07, 6.45) is 1.05. The van der Waals surface area contributed by atoms with E-state index in [2.05, 4.69) is 16.6 Å². The topological polar surface area (TPSA) is 75.6 Å². The van der Waals surface area contributed by atoms with Gasteiger partial charge in [-0.3, -0.25) is 10.1 Å². The molecule has 0 aromatic heterocycles. The molecule has 0 radical (unpaired) electrons. The lowest BCUT2D eigenvalue weighted by Crippen LogP contribution is -2.22. The average molecular weight is 173 g/mol. The Balaban J connectivity index is 3.16. The Morgan fingerprint density at radius 2 is 2.25 bits per heavy atom. The second-order valence-corrected chi connectivity index (χ2v) is 1.96. The van der Waals surface area contributed by atoms with E-state index in [0.29, 0.717) is 0 Å². The Kier molecular flexibility index (Phi) is 5.64. The molecule has 12 heavy (non-hydrogen) atoms. The number of aliphatic carboxylic acids is 1. The normalized spacial score (nSPS) is 9.00. The van der Waals surface area contributed by atoms with Crippen LogP contribution in [0.25, 0.3) is 0 Å². The van der Waals surface area contributed by atoms with Gasteiger partial charge in [-0.05, 0) is 0 Å². The second-order valence-electron chi connectivity index (χ2n) is 1.96. The van der Waals surface area contributed by atoms with Gasteiger partial charge in [-0.1, -0.05) is 6.58 Å². The van der Waals surface area contributed by atoms with Crippen LogP contribution in [0.1, 0.15) is 6.42 Å². The molecule has 0 aromatic rings. The van der Waals surface area contributed by atoms with Gasteiger partial charge in [0.25, 0.3) is 0 Å². The molecule has 5 heteroatoms. The van der Waals surface area contributed by atoms with E-state index in [1.165, 1.54) is 0 Å². The number of rotatable bonds is 6. The molecule has 0 aromatic carbocycles. The number of nitrogens with one attached hydrogen (secondary N) is 1. The first kappa shape index (κ1) is 10.6. The third-order valence-corrected chi connectivity index (χ3v) is 0.999. The Labute approximate surface area is 70.0 Å². The van der Waals surface area contributed by atoms with Crippen LogP contribution in [-0.2, 0) is 14.3 Å². The van der Waals surface area contributed by atoms with E-state index in [0.717, 1.165) is 6.08 Å². The fourth-order valence-corrected chi connectivity index (χ4v) is 0.449. The van der Waals surface area contributed by atoms with Crippen molar-refractivity contribution < 1.29 is 19.4 Å². The van der Waals surface area contributed by atoms with E-state index in [1.54, 1.807) is 0 Å². The van der Waals surface area contributed by atoms with Crippen LogP contribution < -0.4 is 5.32 Å². The molecule has 0 aliphatic heterocycles. The molecular weight excluding hydrogens is 162 g/mol. The number of carbonyl (C=O) groups excluding carboxylic acids is 1. The van der Waals surface area contributed by atoms with Crippen LogP contribution >= 0.6 is 0 Å². The summed E-state index contributed by atoms with van der Waals surface area (Å²) >= 11 is 0. The highest BCUT2D eigenvalue weighted by Crippen LogP contribution is 1.78. The number of carboxylic acid groups (broad SMARTS) is 1. The first-order chi connectivity index (χ1) is 5.66. The van der Waals surface area contributed by atoms with Crippen LogP contribution in [-0.4, -0.2) is 30.3 Å². The zero-order valence-electron chi connectivity index (χ0n) is 6.58. The van der Waals surface area contributed by atoms with Gasteiger partial charge >= 0.3 is 11.9 Å². The van der Waals surface area contributed by atoms with Crippen molar-refractivity contribution in [1.29, 1.82) is 0 Å². The minimum Gasteiger partial charge on any atom is -0.481 e. The maximum absolute atomic E-state index is 10.4. The number of ether oxygens (including phenoxy) is 1. The van der Waals surface area contributed by atoms with Crippen LogP contribution in [0.15, 0.2) is 12.7 Å². The van der Waals surface area contributed by atoms with E-state index in [-0.39, 0.29) is 19.7 Å². The van der Waals surface area contributed by atoms with Crippen molar-refractivity contribution in [2.75, 3.05) is 13.3 Å². The monoisotopic (exact) mass is 173 g/mol. The van der Waals surface area contributed by atoms with E-state index in [1.807, 2.05) is 0 Å². The minimum absolute atomic E-state index is 0.00560. The van der Waals surface area contributed by atoms with E-state index in [9.17, 15) is 9.59 Å². The summed E-state index contributed by atoms with van der Waals surface area (Å²) in [6, 6.07) is 0. The number of esters is 1. The van der Waals surface area contributed by atoms with Crippen LogP contribution in [0.4, 0.5) is 0 Å². The molecule has 0 heterocycles. The lowest BCUT2D eigenvalue weighted by atomic mass is 10.4. The van der Waals surface area contributed by atoms with Gasteiger partial charge in [0.15, 0.2) is 0 Å². The van der Waals surface area contributed by atoms with Crippen molar-refractivity contribution in [3.63, 3.8) is 0 Å². The van der Waals surface area contributed by atoms with Crippen molar-refractivity contribution in [2.45, 2.75) is 6.42 Å². The molecular formula is C7H11NO4. The van der Waals surface area contributed by atoms with Crippen molar-refractivity contribution in [3.05, 3.63) is 12.7 Å². The lowest BCUT2D eigenvalue weighted by molar-refractivity contribution is -0.138. The summed E-state index contributed by atoms with van der Waals surface area (Å²) < 4.78 is 4.51. The lowest BCUT2D eigenvalue weighted by Gasteiger charge is -2.01. The first-order valence-electron chi connectivity index (χ1n) is 3.38. The van der Waals surface area contributed by atoms with Gasteiger partial charge in [-0.15, -0.1) is 0 Å². The van der Waals surface area contributed by atoms with Crippen LogP contribution in [0.3, 0.4) is 0 Å². The summed E-state index contributed by atoms with van der Waals surface area (Å²) in [5, 5.41) is 10.8. The molecule has 0 amide bonds. The van der Waals surface area contributed by atoms with Crippen molar-refractivity contribution in [3.8, 4) is 0 Å². The van der Waals surface area contributed by atoms with Gasteiger partial charge in [0, 0.05) is 12.6 Å². The van der Waals surface area contributed by atoms with Gasteiger partial charge in [-0.2, -0.15) is 0 Å². The van der Waals surface area contributed by atoms with Gasteiger partial charge in [-0.25, -0.2) is 4.79 Å². The number of carboxylic acids is 1. The average Bonchev–Trinajstić information content (AvgIpc) is 2.03. The van der Waals surface area contributed by atoms with Crippen LogP contribution in [0, 0.1) is 0 Å². The Morgan fingerprint density at radius 3 is 2.75 bits per heavy atom. The number of carbonyl (C=O) groups is 2. The molecule has 0 unspecified atom stereocenters. The molecule has 5 nitrogen and oxygen atoms in total. The number of hydrogen-bond acceptors (Lipinski definition) is 4. The Morgan fingerprint density at radius 1 is 1.58 bits per heavy atom. The largest absolute Gasteiger partial charge is 0.481 e. The van der Waals surface area contributed by atoms with E-state index < -0.39 is 11.9 Å². The second kappa shape index (κ2) is 6.36. The smallest absolute Gasteiger partial charge is 0.331 e. The first-order valence-corrected chi connectivity index (χ1v) is 3.38. The van der Waals surface area contributed by atoms with Crippen molar-refractivity contribution in [2.24, 2.45) is 0 Å². The molecule has 68 valence electrons. The number of hydrogen-bond donors (Lipinski definition) is 2. The fourth-order valence-electron chi connectivity index (χ4n) is 0.449. The summed E-state index contributed by atoms with van der Waals surface area (Å²) in [6.45, 7) is 3.48. The predicted octanol–water partition coefficient (Wildman–Crippen LogP) is -0.263. The molecule has 0 fully saturated rings. The summed E-state index contributed by atoms with van der Waals surface area (Å²) in [5.41, 5.74) is 0. The minimum atomic E-state index is -0.891. The molecule has 2 N–H and O–H groups in total. The summed E-state index contributed by atoms with van der Waals surface area (Å²) in [5.74, 6) is -1.42. The highest BCUT2D eigenvalue weighted by atomic mass is 16.5. The maximum Gasteiger partial charge on any atom is 0.331 e. The molecule has 0 saturated carbocycles. The third-order valence-electron chi connectivity index (χ3n) is 0.999. The summed E-state index contributed by atoms with van der Waals surface area (Å²) in [7, 11) is 0. The summed E-state index contributed by atoms with van der Waals surface area (Å²) in [4.78, 5) is 20.4. The quantitative estimate of drug-likeness (QED) is 0.250. The highest BCUT2D eigenvalue weighted by Gasteiger charge is 1.96. The SMILES string of the molecule is C=CC(=O)OCNCCC(=O)O. The standard InChI is InChI=1S/C7H11NO4/c1-2-7(11)12-5-8-4-3-6(9)10/h2,8H,1,3-5H2,(H,9,10). The molecule has 0 saturated heterocycles. The molecule has 0 aliphatic carbocycles. The highest BCUT2D eigenvalue weighted by molar-refractivity contribution is 5.81. The van der Waals surface area contributed by atoms with E-state index in [4.69, 9.17) is 5.11 Å². The van der Waals surface area contributed by atoms with Crippen molar-refractivity contribution in [1.82, 2.24) is 5.32 Å². The fraction of sp³-hybridized carbons (Fsp3) is 0.429. The Hall–Kier alpha value is -1.36. The maximum atomic E-state index is 10.4. The van der Waals surface area contributed by atoms with Gasteiger partial charge in [0.1, 0.15) is 6.73 Å².